The fourth-order valence-electron chi connectivity index (χ4n) is 4.45. The van der Waals surface area contributed by atoms with Crippen molar-refractivity contribution in [1.82, 2.24) is 4.90 Å². The van der Waals surface area contributed by atoms with E-state index in [1.165, 1.54) is 6.42 Å². The Bertz CT molecular complexity index is 1120. The van der Waals surface area contributed by atoms with E-state index in [9.17, 15) is 9.59 Å². The van der Waals surface area contributed by atoms with Gasteiger partial charge in [0.1, 0.15) is 28.6 Å². The van der Waals surface area contributed by atoms with Gasteiger partial charge >= 0.3 is 5.97 Å². The highest BCUT2D eigenvalue weighted by Gasteiger charge is 2.34. The van der Waals surface area contributed by atoms with Crippen LogP contribution in [0.15, 0.2) is 53.9 Å². The van der Waals surface area contributed by atoms with E-state index in [4.69, 9.17) is 18.9 Å². The molecule has 0 aliphatic carbocycles. The van der Waals surface area contributed by atoms with Crippen LogP contribution in [0.4, 0.5) is 5.69 Å². The molecule has 0 bridgehead atoms. The zero-order valence-electron chi connectivity index (χ0n) is 24.6. The van der Waals surface area contributed by atoms with Crippen molar-refractivity contribution in [2.75, 3.05) is 39.3 Å². The molecular formula is C32H44N2O6. The quantitative estimate of drug-likeness (QED) is 0.105. The number of hydrogen-bond donors (Lipinski definition) is 1. The van der Waals surface area contributed by atoms with E-state index in [0.29, 0.717) is 48.6 Å². The Labute approximate surface area is 238 Å². The highest BCUT2D eigenvalue weighted by Crippen LogP contribution is 2.32. The summed E-state index contributed by atoms with van der Waals surface area (Å²) < 4.78 is 22.0. The molecule has 0 atom stereocenters. The van der Waals surface area contributed by atoms with Gasteiger partial charge in [-0.2, -0.15) is 0 Å². The molecule has 1 saturated heterocycles. The Morgan fingerprint density at radius 3 is 2.33 bits per heavy atom. The maximum absolute atomic E-state index is 12.9. The number of anilines is 1. The maximum Gasteiger partial charge on any atom is 0.346 e. The summed E-state index contributed by atoms with van der Waals surface area (Å²) in [6, 6.07) is 13.4. The first-order chi connectivity index (χ1) is 19.4. The highest BCUT2D eigenvalue weighted by atomic mass is 16.5. The van der Waals surface area contributed by atoms with Gasteiger partial charge in [-0.3, -0.25) is 4.79 Å². The van der Waals surface area contributed by atoms with Crippen LogP contribution in [0.3, 0.4) is 0 Å². The van der Waals surface area contributed by atoms with Gasteiger partial charge in [-0.25, -0.2) is 4.79 Å². The van der Waals surface area contributed by atoms with Crippen molar-refractivity contribution in [3.05, 3.63) is 59.4 Å². The summed E-state index contributed by atoms with van der Waals surface area (Å²) in [6.07, 6.45) is 6.44. The van der Waals surface area contributed by atoms with Crippen molar-refractivity contribution in [2.45, 2.75) is 65.8 Å². The second-order valence-electron chi connectivity index (χ2n) is 10.4. The lowest BCUT2D eigenvalue weighted by atomic mass is 10.1. The van der Waals surface area contributed by atoms with Crippen LogP contribution in [0.25, 0.3) is 0 Å². The number of unbranched alkanes of at least 4 members (excludes halogenated alkanes) is 4. The predicted octanol–water partition coefficient (Wildman–Crippen LogP) is 6.35. The van der Waals surface area contributed by atoms with Crippen LogP contribution in [0.5, 0.6) is 17.2 Å². The first-order valence-corrected chi connectivity index (χ1v) is 14.3. The monoisotopic (exact) mass is 552 g/mol. The maximum atomic E-state index is 12.9. The summed E-state index contributed by atoms with van der Waals surface area (Å²) in [5.74, 6) is 2.03. The molecule has 8 heteroatoms. The molecule has 0 saturated carbocycles. The number of cyclic esters (lactones) is 1. The summed E-state index contributed by atoms with van der Waals surface area (Å²) in [7, 11) is 3.15. The summed E-state index contributed by atoms with van der Waals surface area (Å²) in [4.78, 5) is 27.8. The van der Waals surface area contributed by atoms with Gasteiger partial charge in [0.25, 0.3) is 0 Å². The molecule has 0 unspecified atom stereocenters. The minimum absolute atomic E-state index is 0.0278. The van der Waals surface area contributed by atoms with Gasteiger partial charge in [0.2, 0.25) is 5.78 Å². The first kappa shape index (κ1) is 30.9. The number of methoxy groups -OCH3 is 2. The van der Waals surface area contributed by atoms with Crippen molar-refractivity contribution in [2.24, 2.45) is 5.92 Å². The van der Waals surface area contributed by atoms with Gasteiger partial charge in [-0.15, -0.1) is 0 Å². The lowest BCUT2D eigenvalue weighted by Crippen LogP contribution is -2.31. The molecule has 0 aromatic heterocycles. The summed E-state index contributed by atoms with van der Waals surface area (Å²) in [6.45, 7) is 8.10. The smallest absolute Gasteiger partial charge is 0.346 e. The van der Waals surface area contributed by atoms with Crippen molar-refractivity contribution < 1.29 is 28.5 Å². The molecule has 2 aromatic carbocycles. The average molecular weight is 553 g/mol. The molecule has 8 nitrogen and oxygen atoms in total. The van der Waals surface area contributed by atoms with Gasteiger partial charge in [0, 0.05) is 19.2 Å². The predicted molar refractivity (Wildman–Crippen MR) is 157 cm³/mol. The lowest BCUT2D eigenvalue weighted by Gasteiger charge is -2.30. The van der Waals surface area contributed by atoms with Gasteiger partial charge in [0.15, 0.2) is 6.61 Å². The molecule has 1 N–H and O–H groups in total. The zero-order valence-corrected chi connectivity index (χ0v) is 24.6. The molecule has 0 spiro atoms. The highest BCUT2D eigenvalue weighted by molar-refractivity contribution is 6.22. The molecule has 3 rings (SSSR count). The summed E-state index contributed by atoms with van der Waals surface area (Å²) >= 11 is 0. The van der Waals surface area contributed by atoms with Crippen LogP contribution >= 0.6 is 0 Å². The van der Waals surface area contributed by atoms with E-state index < -0.39 is 5.97 Å². The number of carbonyl (C=O) groups is 2. The van der Waals surface area contributed by atoms with Crippen molar-refractivity contribution >= 4 is 17.4 Å². The third-order valence-electron chi connectivity index (χ3n) is 6.82. The lowest BCUT2D eigenvalue weighted by molar-refractivity contribution is -0.135. The largest absolute Gasteiger partial charge is 0.497 e. The van der Waals surface area contributed by atoms with Crippen molar-refractivity contribution in [1.29, 1.82) is 0 Å². The van der Waals surface area contributed by atoms with Crippen molar-refractivity contribution in [3.63, 3.8) is 0 Å². The van der Waals surface area contributed by atoms with Crippen LogP contribution in [0, 0.1) is 5.92 Å². The molecule has 1 heterocycles. The number of esters is 1. The van der Waals surface area contributed by atoms with Crippen LogP contribution < -0.4 is 19.5 Å². The topological polar surface area (TPSA) is 86.3 Å². The van der Waals surface area contributed by atoms with Crippen LogP contribution in [-0.4, -0.2) is 50.6 Å². The number of Topliss-reactive ketones (excluding diaryl/α,β-unsaturated/α-hetero) is 1. The van der Waals surface area contributed by atoms with Crippen LogP contribution in [0.1, 0.15) is 64.9 Å². The molecule has 1 aliphatic heterocycles. The normalized spacial score (nSPS) is 14.2. The number of ether oxygens (including phenoxy) is 4. The number of benzene rings is 2. The number of nitrogens with zero attached hydrogens (tertiary/aromatic N) is 1. The average Bonchev–Trinajstić information content (AvgIpc) is 3.28. The molecule has 40 heavy (non-hydrogen) atoms. The van der Waals surface area contributed by atoms with E-state index in [0.717, 1.165) is 43.4 Å². The number of carbonyl (C=O) groups excluding carboxylic acids is 2. The fourth-order valence-corrected chi connectivity index (χ4v) is 4.45. The Balaban J connectivity index is 1.93. The molecule has 1 aliphatic rings. The fraction of sp³-hybridized carbons (Fsp3) is 0.500. The standard InChI is InChI=1S/C32H44N2O6/c1-6-7-8-9-10-18-34(21-24-11-13-25(14-12-24)39-19-17-23(2)3)31(30-28(35)22-40-32(30)36)33-27-16-15-26(37-4)20-29(27)38-5/h11-16,20,23,33H,6-10,17-19,21-22H2,1-5H3/b31-30+. The van der Waals surface area contributed by atoms with Gasteiger partial charge < -0.3 is 29.2 Å². The second kappa shape index (κ2) is 15.8. The Hall–Kier alpha value is -3.68. The molecule has 2 aromatic rings. The minimum Gasteiger partial charge on any atom is -0.497 e. The van der Waals surface area contributed by atoms with Crippen LogP contribution in [-0.2, 0) is 20.9 Å². The van der Waals surface area contributed by atoms with Gasteiger partial charge in [-0.1, -0.05) is 58.6 Å². The summed E-state index contributed by atoms with van der Waals surface area (Å²) in [5.41, 5.74) is 1.67. The van der Waals surface area contributed by atoms with E-state index in [1.54, 1.807) is 26.4 Å². The van der Waals surface area contributed by atoms with Crippen molar-refractivity contribution in [3.8, 4) is 17.2 Å². The Kier molecular flexibility index (Phi) is 12.2. The molecular weight excluding hydrogens is 508 g/mol. The number of nitrogens with one attached hydrogen (secondary N) is 1. The summed E-state index contributed by atoms with van der Waals surface area (Å²) in [5, 5.41) is 3.35. The van der Waals surface area contributed by atoms with E-state index in [1.807, 2.05) is 30.3 Å². The number of rotatable bonds is 17. The second-order valence-corrected chi connectivity index (χ2v) is 10.4. The Morgan fingerprint density at radius 2 is 1.70 bits per heavy atom. The van der Waals surface area contributed by atoms with E-state index in [2.05, 4.69) is 31.0 Å². The minimum atomic E-state index is -0.620. The third-order valence-corrected chi connectivity index (χ3v) is 6.82. The third kappa shape index (κ3) is 8.93. The molecule has 1 fully saturated rings. The van der Waals surface area contributed by atoms with Gasteiger partial charge in [0.05, 0.1) is 26.5 Å². The zero-order chi connectivity index (χ0) is 28.9. The molecule has 218 valence electrons. The van der Waals surface area contributed by atoms with Gasteiger partial charge in [-0.05, 0) is 48.6 Å². The molecule has 0 radical (unpaired) electrons. The first-order valence-electron chi connectivity index (χ1n) is 14.3. The molecule has 0 amide bonds. The number of ketones is 1. The van der Waals surface area contributed by atoms with Crippen LogP contribution in [0.2, 0.25) is 0 Å². The van der Waals surface area contributed by atoms with E-state index >= 15 is 0 Å². The Morgan fingerprint density at radius 1 is 0.975 bits per heavy atom. The van der Waals surface area contributed by atoms with E-state index in [-0.39, 0.29) is 18.0 Å². The SMILES string of the molecule is CCCCCCCN(Cc1ccc(OCCC(C)C)cc1)/C(Nc1ccc(OC)cc1OC)=C1\C(=O)COC1=O. The number of hydrogen-bond acceptors (Lipinski definition) is 8.